The number of fused-ring (bicyclic) bond motifs is 1. The molecule has 0 amide bonds. The molecule has 13 heavy (non-hydrogen) atoms. The number of benzene rings is 1. The van der Waals surface area contributed by atoms with Gasteiger partial charge in [0.1, 0.15) is 17.7 Å². The van der Waals surface area contributed by atoms with Crippen LogP contribution in [0.5, 0.6) is 17.2 Å². The monoisotopic (exact) mass is 248 g/mol. The van der Waals surface area contributed by atoms with E-state index in [9.17, 15) is 4.39 Å². The molecule has 1 N–H and O–H groups in total. The van der Waals surface area contributed by atoms with Crippen LogP contribution < -0.4 is 9.47 Å². The Morgan fingerprint density at radius 2 is 2.08 bits per heavy atom. The van der Waals surface area contributed by atoms with Crippen molar-refractivity contribution in [2.24, 2.45) is 0 Å². The van der Waals surface area contributed by atoms with E-state index in [0.717, 1.165) is 0 Å². The van der Waals surface area contributed by atoms with Crippen molar-refractivity contribution in [3.63, 3.8) is 0 Å². The SMILES string of the molecule is Oc1cc2c(c(Br)c1F)OCCO2. The Morgan fingerprint density at radius 3 is 2.85 bits per heavy atom. The zero-order valence-corrected chi connectivity index (χ0v) is 8.10. The lowest BCUT2D eigenvalue weighted by Gasteiger charge is -2.19. The van der Waals surface area contributed by atoms with Crippen molar-refractivity contribution in [2.45, 2.75) is 0 Å². The lowest BCUT2D eigenvalue weighted by molar-refractivity contribution is 0.168. The second kappa shape index (κ2) is 3.06. The van der Waals surface area contributed by atoms with Gasteiger partial charge in [-0.2, -0.15) is 0 Å². The van der Waals surface area contributed by atoms with Crippen molar-refractivity contribution in [1.82, 2.24) is 0 Å². The van der Waals surface area contributed by atoms with E-state index in [1.165, 1.54) is 6.07 Å². The van der Waals surface area contributed by atoms with Crippen LogP contribution in [-0.4, -0.2) is 18.3 Å². The van der Waals surface area contributed by atoms with Crippen LogP contribution in [0.2, 0.25) is 0 Å². The summed E-state index contributed by atoms with van der Waals surface area (Å²) >= 11 is 2.98. The second-order valence-corrected chi connectivity index (χ2v) is 3.34. The molecule has 0 unspecified atom stereocenters. The molecule has 1 aromatic rings. The van der Waals surface area contributed by atoms with Crippen molar-refractivity contribution in [2.75, 3.05) is 13.2 Å². The van der Waals surface area contributed by atoms with E-state index < -0.39 is 11.6 Å². The van der Waals surface area contributed by atoms with E-state index >= 15 is 0 Å². The smallest absolute Gasteiger partial charge is 0.182 e. The molecule has 1 heterocycles. The lowest BCUT2D eigenvalue weighted by Crippen LogP contribution is -2.16. The molecule has 0 saturated carbocycles. The Morgan fingerprint density at radius 1 is 1.38 bits per heavy atom. The van der Waals surface area contributed by atoms with Crippen LogP contribution in [-0.2, 0) is 0 Å². The van der Waals surface area contributed by atoms with Gasteiger partial charge in [0.05, 0.1) is 0 Å². The summed E-state index contributed by atoms with van der Waals surface area (Å²) in [6.45, 7) is 0.792. The van der Waals surface area contributed by atoms with Crippen LogP contribution in [0.25, 0.3) is 0 Å². The van der Waals surface area contributed by atoms with Crippen molar-refractivity contribution in [3.05, 3.63) is 16.4 Å². The highest BCUT2D eigenvalue weighted by molar-refractivity contribution is 9.10. The predicted octanol–water partition coefficient (Wildman–Crippen LogP) is 2.06. The average Bonchev–Trinajstić information content (AvgIpc) is 2.15. The molecule has 0 atom stereocenters. The first-order valence-corrected chi connectivity index (χ1v) is 4.46. The molecule has 0 aliphatic carbocycles. The average molecular weight is 249 g/mol. The van der Waals surface area contributed by atoms with E-state index in [1.807, 2.05) is 0 Å². The molecule has 0 bridgehead atoms. The highest BCUT2D eigenvalue weighted by atomic mass is 79.9. The molecular weight excluding hydrogens is 243 g/mol. The fourth-order valence-electron chi connectivity index (χ4n) is 1.11. The van der Waals surface area contributed by atoms with Gasteiger partial charge >= 0.3 is 0 Å². The number of hydrogen-bond acceptors (Lipinski definition) is 3. The van der Waals surface area contributed by atoms with Gasteiger partial charge in [-0.25, -0.2) is 4.39 Å². The van der Waals surface area contributed by atoms with E-state index in [-0.39, 0.29) is 4.47 Å². The van der Waals surface area contributed by atoms with E-state index in [0.29, 0.717) is 24.7 Å². The molecule has 1 aliphatic rings. The van der Waals surface area contributed by atoms with Crippen LogP contribution in [0, 0.1) is 5.82 Å². The Labute approximate surface area is 82.2 Å². The Hall–Kier alpha value is -0.970. The highest BCUT2D eigenvalue weighted by Crippen LogP contribution is 2.42. The van der Waals surface area contributed by atoms with Gasteiger partial charge in [-0.1, -0.05) is 0 Å². The second-order valence-electron chi connectivity index (χ2n) is 2.55. The summed E-state index contributed by atoms with van der Waals surface area (Å²) in [4.78, 5) is 0. The third-order valence-electron chi connectivity index (χ3n) is 1.70. The first kappa shape index (κ1) is 8.62. The van der Waals surface area contributed by atoms with Crippen LogP contribution in [0.15, 0.2) is 10.5 Å². The minimum atomic E-state index is -0.732. The largest absolute Gasteiger partial charge is 0.505 e. The number of rotatable bonds is 0. The molecule has 1 aliphatic heterocycles. The molecule has 0 radical (unpaired) electrons. The van der Waals surface area contributed by atoms with Crippen molar-refractivity contribution in [3.8, 4) is 17.2 Å². The van der Waals surface area contributed by atoms with Gasteiger partial charge in [-0.15, -0.1) is 0 Å². The van der Waals surface area contributed by atoms with Crippen LogP contribution in [0.3, 0.4) is 0 Å². The maximum absolute atomic E-state index is 13.1. The minimum absolute atomic E-state index is 0.0993. The predicted molar refractivity (Wildman–Crippen MR) is 46.8 cm³/mol. The van der Waals surface area contributed by atoms with Gasteiger partial charge in [0.15, 0.2) is 23.1 Å². The van der Waals surface area contributed by atoms with Crippen molar-refractivity contribution >= 4 is 15.9 Å². The number of halogens is 2. The Balaban J connectivity index is 2.60. The van der Waals surface area contributed by atoms with Gasteiger partial charge in [0.25, 0.3) is 0 Å². The third kappa shape index (κ3) is 1.33. The van der Waals surface area contributed by atoms with Gasteiger partial charge < -0.3 is 14.6 Å². The highest BCUT2D eigenvalue weighted by Gasteiger charge is 2.21. The number of ether oxygens (including phenoxy) is 2. The van der Waals surface area contributed by atoms with Crippen LogP contribution >= 0.6 is 15.9 Å². The molecule has 2 rings (SSSR count). The van der Waals surface area contributed by atoms with Crippen molar-refractivity contribution in [1.29, 1.82) is 0 Å². The normalized spacial score (nSPS) is 14.3. The topological polar surface area (TPSA) is 38.7 Å². The molecule has 0 fully saturated rings. The summed E-state index contributed by atoms with van der Waals surface area (Å²) in [5, 5.41) is 9.12. The zero-order valence-electron chi connectivity index (χ0n) is 6.51. The first-order valence-electron chi connectivity index (χ1n) is 3.66. The lowest BCUT2D eigenvalue weighted by atomic mass is 10.2. The third-order valence-corrected chi connectivity index (χ3v) is 2.40. The molecule has 5 heteroatoms. The fourth-order valence-corrected chi connectivity index (χ4v) is 1.62. The van der Waals surface area contributed by atoms with E-state index in [2.05, 4.69) is 15.9 Å². The van der Waals surface area contributed by atoms with Gasteiger partial charge in [0, 0.05) is 6.07 Å². The summed E-state index contributed by atoms with van der Waals surface area (Å²) in [5.74, 6) is -0.515. The summed E-state index contributed by atoms with van der Waals surface area (Å²) < 4.78 is 23.5. The summed E-state index contributed by atoms with van der Waals surface area (Å²) in [6.07, 6.45) is 0. The molecule has 1 aromatic carbocycles. The van der Waals surface area contributed by atoms with E-state index in [4.69, 9.17) is 14.6 Å². The number of phenolic OH excluding ortho intramolecular Hbond substituents is 1. The Bertz CT molecular complexity index is 354. The molecule has 3 nitrogen and oxygen atoms in total. The fraction of sp³-hybridized carbons (Fsp3) is 0.250. The van der Waals surface area contributed by atoms with Crippen LogP contribution in [0.4, 0.5) is 4.39 Å². The first-order chi connectivity index (χ1) is 6.20. The van der Waals surface area contributed by atoms with E-state index in [1.54, 1.807) is 0 Å². The molecular formula is C8H6BrFO3. The summed E-state index contributed by atoms with van der Waals surface area (Å²) in [7, 11) is 0. The van der Waals surface area contributed by atoms with Crippen molar-refractivity contribution < 1.29 is 19.0 Å². The standard InChI is InChI=1S/C8H6BrFO3/c9-6-7(10)4(11)3-5-8(6)13-2-1-12-5/h3,11H,1-2H2. The number of phenols is 1. The summed E-state index contributed by atoms with van der Waals surface area (Å²) in [5.41, 5.74) is 0. The molecule has 0 spiro atoms. The van der Waals surface area contributed by atoms with Crippen LogP contribution in [0.1, 0.15) is 0 Å². The minimum Gasteiger partial charge on any atom is -0.505 e. The Kier molecular flexibility index (Phi) is 2.03. The molecule has 0 saturated heterocycles. The number of hydrogen-bond donors (Lipinski definition) is 1. The maximum Gasteiger partial charge on any atom is 0.182 e. The van der Waals surface area contributed by atoms with Gasteiger partial charge in [-0.3, -0.25) is 0 Å². The maximum atomic E-state index is 13.1. The summed E-state index contributed by atoms with van der Waals surface area (Å²) in [6, 6.07) is 1.20. The quantitative estimate of drug-likeness (QED) is 0.764. The zero-order chi connectivity index (χ0) is 9.42. The van der Waals surface area contributed by atoms with Gasteiger partial charge in [0.2, 0.25) is 0 Å². The molecule has 70 valence electrons. The number of aromatic hydroxyl groups is 1. The molecule has 0 aromatic heterocycles. The van der Waals surface area contributed by atoms with Gasteiger partial charge in [-0.05, 0) is 15.9 Å².